The second kappa shape index (κ2) is 6.53. The summed E-state index contributed by atoms with van der Waals surface area (Å²) in [5.41, 5.74) is 1.33. The quantitative estimate of drug-likeness (QED) is 0.873. The first-order valence-corrected chi connectivity index (χ1v) is 9.07. The molecule has 1 saturated heterocycles. The molecule has 2 aliphatic heterocycles. The molecule has 1 aromatic carbocycles. The summed E-state index contributed by atoms with van der Waals surface area (Å²) in [5.74, 6) is 1.02. The van der Waals surface area contributed by atoms with Gasteiger partial charge in [-0.3, -0.25) is 9.59 Å². The van der Waals surface area contributed by atoms with E-state index in [1.165, 1.54) is 11.8 Å². The molecule has 3 heterocycles. The Hall–Kier alpha value is -2.32. The molecule has 0 spiro atoms. The second-order valence-corrected chi connectivity index (χ2v) is 7.12. The topological polar surface area (TPSA) is 85.2 Å². The average molecular weight is 358 g/mol. The molecule has 130 valence electrons. The van der Waals surface area contributed by atoms with Crippen LogP contribution in [0.1, 0.15) is 28.7 Å². The number of fused-ring (bicyclic) bond motifs is 1. The van der Waals surface area contributed by atoms with Crippen molar-refractivity contribution in [1.29, 1.82) is 0 Å². The van der Waals surface area contributed by atoms with Gasteiger partial charge in [-0.25, -0.2) is 4.98 Å². The lowest BCUT2D eigenvalue weighted by Gasteiger charge is -2.21. The number of nitrogens with zero attached hydrogens (tertiary/aromatic N) is 2. The Kier molecular flexibility index (Phi) is 4.22. The van der Waals surface area contributed by atoms with Crippen molar-refractivity contribution in [3.05, 3.63) is 42.0 Å². The van der Waals surface area contributed by atoms with Crippen molar-refractivity contribution in [2.75, 3.05) is 17.7 Å². The minimum atomic E-state index is -0.241. The standard InChI is InChI=1S/C17H18N4O3S/c1-21-6-5-18-16(21)15-12(4-7-24-15)20-17(23)10-2-3-11-13(8-10)25-9-14(22)19-11/h2-3,5-6,8,12,15H,4,7,9H2,1H3,(H,19,22)(H,20,23)/t12-,15-/m0/s1. The number of aryl methyl sites for hydroxylation is 1. The predicted molar refractivity (Wildman–Crippen MR) is 93.6 cm³/mol. The molecule has 1 aromatic heterocycles. The molecule has 8 heteroatoms. The maximum absolute atomic E-state index is 12.7. The third-order valence-corrected chi connectivity index (χ3v) is 5.45. The van der Waals surface area contributed by atoms with Crippen molar-refractivity contribution in [2.24, 2.45) is 7.05 Å². The van der Waals surface area contributed by atoms with Gasteiger partial charge in [-0.15, -0.1) is 11.8 Å². The number of anilines is 1. The molecule has 0 aliphatic carbocycles. The van der Waals surface area contributed by atoms with Crippen molar-refractivity contribution >= 4 is 29.3 Å². The lowest BCUT2D eigenvalue weighted by Crippen LogP contribution is -2.37. The van der Waals surface area contributed by atoms with E-state index in [4.69, 9.17) is 4.74 Å². The molecule has 25 heavy (non-hydrogen) atoms. The Balaban J connectivity index is 1.50. The highest BCUT2D eigenvalue weighted by Crippen LogP contribution is 2.32. The van der Waals surface area contributed by atoms with Crippen LogP contribution >= 0.6 is 11.8 Å². The van der Waals surface area contributed by atoms with Crippen LogP contribution < -0.4 is 10.6 Å². The molecule has 2 aromatic rings. The Morgan fingerprint density at radius 2 is 2.36 bits per heavy atom. The summed E-state index contributed by atoms with van der Waals surface area (Å²) in [4.78, 5) is 29.3. The summed E-state index contributed by atoms with van der Waals surface area (Å²) >= 11 is 1.44. The van der Waals surface area contributed by atoms with Crippen molar-refractivity contribution in [1.82, 2.24) is 14.9 Å². The second-order valence-electron chi connectivity index (χ2n) is 6.10. The summed E-state index contributed by atoms with van der Waals surface area (Å²) in [7, 11) is 1.91. The SMILES string of the molecule is Cn1ccnc1[C@H]1OCC[C@@H]1NC(=O)c1ccc2c(c1)SCC(=O)N2. The molecule has 0 saturated carbocycles. The number of amides is 2. The Labute approximate surface area is 149 Å². The number of hydrogen-bond donors (Lipinski definition) is 2. The van der Waals surface area contributed by atoms with Gasteiger partial charge in [0, 0.05) is 36.5 Å². The molecule has 7 nitrogen and oxygen atoms in total. The van der Waals surface area contributed by atoms with E-state index in [1.807, 2.05) is 23.9 Å². The van der Waals surface area contributed by atoms with Gasteiger partial charge in [0.05, 0.1) is 17.5 Å². The van der Waals surface area contributed by atoms with Gasteiger partial charge in [0.2, 0.25) is 5.91 Å². The summed E-state index contributed by atoms with van der Waals surface area (Å²) in [5, 5.41) is 5.87. The van der Waals surface area contributed by atoms with Gasteiger partial charge in [0.25, 0.3) is 5.91 Å². The number of carbonyl (C=O) groups is 2. The van der Waals surface area contributed by atoms with Gasteiger partial charge in [-0.1, -0.05) is 0 Å². The first kappa shape index (κ1) is 16.2. The first-order valence-electron chi connectivity index (χ1n) is 8.08. The van der Waals surface area contributed by atoms with Crippen LogP contribution in [0.15, 0.2) is 35.5 Å². The largest absolute Gasteiger partial charge is 0.368 e. The third kappa shape index (κ3) is 3.14. The van der Waals surface area contributed by atoms with Crippen LogP contribution in [0.25, 0.3) is 0 Å². The third-order valence-electron chi connectivity index (χ3n) is 4.40. The number of rotatable bonds is 3. The van der Waals surface area contributed by atoms with Crippen molar-refractivity contribution in [2.45, 2.75) is 23.5 Å². The maximum Gasteiger partial charge on any atom is 0.251 e. The minimum Gasteiger partial charge on any atom is -0.368 e. The fourth-order valence-electron chi connectivity index (χ4n) is 3.11. The molecule has 2 aliphatic rings. The highest BCUT2D eigenvalue weighted by Gasteiger charge is 2.33. The fraction of sp³-hybridized carbons (Fsp3) is 0.353. The molecule has 1 fully saturated rings. The Bertz CT molecular complexity index is 835. The lowest BCUT2D eigenvalue weighted by atomic mass is 10.1. The van der Waals surface area contributed by atoms with Crippen LogP contribution in [-0.2, 0) is 16.6 Å². The number of benzene rings is 1. The maximum atomic E-state index is 12.7. The van der Waals surface area contributed by atoms with Crippen LogP contribution in [0.5, 0.6) is 0 Å². The molecule has 4 rings (SSSR count). The van der Waals surface area contributed by atoms with Crippen LogP contribution in [0, 0.1) is 0 Å². The van der Waals surface area contributed by atoms with Crippen molar-refractivity contribution < 1.29 is 14.3 Å². The van der Waals surface area contributed by atoms with Gasteiger partial charge in [0.1, 0.15) is 11.9 Å². The fourth-order valence-corrected chi connectivity index (χ4v) is 3.95. The van der Waals surface area contributed by atoms with E-state index in [-0.39, 0.29) is 24.0 Å². The summed E-state index contributed by atoms with van der Waals surface area (Å²) in [6.45, 7) is 0.592. The van der Waals surface area contributed by atoms with Crippen LogP contribution in [0.2, 0.25) is 0 Å². The zero-order chi connectivity index (χ0) is 17.4. The van der Waals surface area contributed by atoms with Crippen molar-refractivity contribution in [3.8, 4) is 0 Å². The zero-order valence-electron chi connectivity index (χ0n) is 13.7. The number of imidazole rings is 1. The number of thioether (sulfide) groups is 1. The molecule has 2 atom stereocenters. The molecular weight excluding hydrogens is 340 g/mol. The Morgan fingerprint density at radius 1 is 1.48 bits per heavy atom. The van der Waals surface area contributed by atoms with Gasteiger partial charge in [0.15, 0.2) is 0 Å². The predicted octanol–water partition coefficient (Wildman–Crippen LogP) is 1.72. The number of aromatic nitrogens is 2. The molecule has 0 bridgehead atoms. The van der Waals surface area contributed by atoms with E-state index < -0.39 is 0 Å². The van der Waals surface area contributed by atoms with Crippen molar-refractivity contribution in [3.63, 3.8) is 0 Å². The molecule has 0 unspecified atom stereocenters. The van der Waals surface area contributed by atoms with E-state index in [0.717, 1.165) is 22.8 Å². The molecule has 2 amide bonds. The summed E-state index contributed by atoms with van der Waals surface area (Å²) < 4.78 is 7.69. The Morgan fingerprint density at radius 3 is 3.16 bits per heavy atom. The smallest absolute Gasteiger partial charge is 0.251 e. The average Bonchev–Trinajstić information content (AvgIpc) is 3.22. The normalized spacial score (nSPS) is 22.4. The number of hydrogen-bond acceptors (Lipinski definition) is 5. The lowest BCUT2D eigenvalue weighted by molar-refractivity contribution is -0.113. The monoisotopic (exact) mass is 358 g/mol. The van der Waals surface area contributed by atoms with Gasteiger partial charge in [-0.05, 0) is 24.6 Å². The minimum absolute atomic E-state index is 0.0179. The van der Waals surface area contributed by atoms with Gasteiger partial charge in [-0.2, -0.15) is 0 Å². The van der Waals surface area contributed by atoms with Gasteiger partial charge >= 0.3 is 0 Å². The van der Waals surface area contributed by atoms with Crippen LogP contribution in [0.3, 0.4) is 0 Å². The van der Waals surface area contributed by atoms with Crippen LogP contribution in [-0.4, -0.2) is 39.8 Å². The highest BCUT2D eigenvalue weighted by atomic mass is 32.2. The zero-order valence-corrected chi connectivity index (χ0v) is 14.5. The van der Waals surface area contributed by atoms with Crippen LogP contribution in [0.4, 0.5) is 5.69 Å². The van der Waals surface area contributed by atoms with Gasteiger partial charge < -0.3 is 19.9 Å². The van der Waals surface area contributed by atoms with E-state index in [0.29, 0.717) is 17.9 Å². The number of ether oxygens (including phenoxy) is 1. The van der Waals surface area contributed by atoms with E-state index in [9.17, 15) is 9.59 Å². The molecule has 2 N–H and O–H groups in total. The highest BCUT2D eigenvalue weighted by molar-refractivity contribution is 8.00. The summed E-state index contributed by atoms with van der Waals surface area (Å²) in [6.07, 6.45) is 4.10. The molecule has 0 radical (unpaired) electrons. The number of carbonyl (C=O) groups excluding carboxylic acids is 2. The molecular formula is C17H18N4O3S. The summed E-state index contributed by atoms with van der Waals surface area (Å²) in [6, 6.07) is 5.21. The van der Waals surface area contributed by atoms with E-state index >= 15 is 0 Å². The van der Waals surface area contributed by atoms with E-state index in [1.54, 1.807) is 18.3 Å². The first-order chi connectivity index (χ1) is 12.1. The number of nitrogens with one attached hydrogen (secondary N) is 2. The van der Waals surface area contributed by atoms with E-state index in [2.05, 4.69) is 15.6 Å².